The standard InChI is InChI=1S/C27H26FN3O5/c1-3-27(35)18-10-20-22-21(11-31(20)25(33)17(18)12-36-26(27)34)30-7-6-19(29(2)14-4-5-14)15-8-13(28)9-16(23(15)30)24(22)32/h8-10,14,19,35H,3-7,11-12H2,1-2H3/t19-,27-/m0/s1. The predicted octanol–water partition coefficient (Wildman–Crippen LogP) is 2.52. The van der Waals surface area contributed by atoms with Crippen LogP contribution in [-0.2, 0) is 34.8 Å². The Balaban J connectivity index is 1.51. The third-order valence-electron chi connectivity index (χ3n) is 8.67. The first-order valence-electron chi connectivity index (χ1n) is 12.5. The summed E-state index contributed by atoms with van der Waals surface area (Å²) in [5.41, 5.74) is 0.688. The number of hydrogen-bond donors (Lipinski definition) is 1. The number of aromatic nitrogens is 2. The van der Waals surface area contributed by atoms with E-state index in [2.05, 4.69) is 16.5 Å². The van der Waals surface area contributed by atoms with Crippen LogP contribution in [0, 0.1) is 5.82 Å². The van der Waals surface area contributed by atoms with Gasteiger partial charge in [0.1, 0.15) is 12.4 Å². The Bertz CT molecular complexity index is 1640. The fraction of sp³-hybridized carbons (Fsp3) is 0.444. The Labute approximate surface area is 205 Å². The molecule has 36 heavy (non-hydrogen) atoms. The maximum Gasteiger partial charge on any atom is 0.343 e. The molecule has 7 rings (SSSR count). The highest BCUT2D eigenvalue weighted by Gasteiger charge is 2.46. The lowest BCUT2D eigenvalue weighted by molar-refractivity contribution is -0.172. The van der Waals surface area contributed by atoms with E-state index in [4.69, 9.17) is 4.74 Å². The Kier molecular flexibility index (Phi) is 4.35. The lowest BCUT2D eigenvalue weighted by Crippen LogP contribution is -2.44. The van der Waals surface area contributed by atoms with Crippen LogP contribution in [0.5, 0.6) is 0 Å². The van der Waals surface area contributed by atoms with Crippen LogP contribution in [0.15, 0.2) is 27.8 Å². The maximum atomic E-state index is 14.9. The first-order valence-corrected chi connectivity index (χ1v) is 12.5. The number of rotatable bonds is 3. The van der Waals surface area contributed by atoms with E-state index in [1.807, 2.05) is 0 Å². The second-order valence-electron chi connectivity index (χ2n) is 10.5. The highest BCUT2D eigenvalue weighted by Crippen LogP contribution is 2.43. The van der Waals surface area contributed by atoms with Gasteiger partial charge in [-0.3, -0.25) is 14.5 Å². The van der Waals surface area contributed by atoms with Gasteiger partial charge in [0.05, 0.1) is 34.6 Å². The highest BCUT2D eigenvalue weighted by atomic mass is 19.1. The molecule has 0 saturated heterocycles. The summed E-state index contributed by atoms with van der Waals surface area (Å²) in [4.78, 5) is 42.2. The Morgan fingerprint density at radius 2 is 1.94 bits per heavy atom. The van der Waals surface area contributed by atoms with Crippen LogP contribution < -0.4 is 11.0 Å². The molecule has 3 aliphatic heterocycles. The van der Waals surface area contributed by atoms with Crippen molar-refractivity contribution in [3.63, 3.8) is 0 Å². The maximum absolute atomic E-state index is 14.9. The van der Waals surface area contributed by atoms with Gasteiger partial charge in [-0.1, -0.05) is 6.92 Å². The molecule has 9 heteroatoms. The molecule has 1 fully saturated rings. The summed E-state index contributed by atoms with van der Waals surface area (Å²) in [7, 11) is 2.07. The topological polar surface area (TPSA) is 93.8 Å². The Morgan fingerprint density at radius 1 is 1.17 bits per heavy atom. The molecule has 1 saturated carbocycles. The largest absolute Gasteiger partial charge is 0.458 e. The summed E-state index contributed by atoms with van der Waals surface area (Å²) in [6.45, 7) is 2.26. The first kappa shape index (κ1) is 21.9. The molecule has 0 unspecified atom stereocenters. The van der Waals surface area contributed by atoms with Gasteiger partial charge < -0.3 is 19.0 Å². The molecular weight excluding hydrogens is 465 g/mol. The average Bonchev–Trinajstić information content (AvgIpc) is 3.64. The summed E-state index contributed by atoms with van der Waals surface area (Å²) in [6, 6.07) is 4.92. The van der Waals surface area contributed by atoms with Gasteiger partial charge in [-0.15, -0.1) is 0 Å². The normalized spacial score (nSPS) is 24.0. The van der Waals surface area contributed by atoms with Crippen molar-refractivity contribution in [3.8, 4) is 11.3 Å². The zero-order valence-corrected chi connectivity index (χ0v) is 20.1. The fourth-order valence-corrected chi connectivity index (χ4v) is 6.54. The average molecular weight is 492 g/mol. The molecule has 5 heterocycles. The van der Waals surface area contributed by atoms with Crippen molar-refractivity contribution in [3.05, 3.63) is 67.0 Å². The fourth-order valence-electron chi connectivity index (χ4n) is 6.54. The minimum Gasteiger partial charge on any atom is -0.458 e. The molecule has 3 aromatic rings. The van der Waals surface area contributed by atoms with E-state index in [1.54, 1.807) is 19.1 Å². The lowest BCUT2D eigenvalue weighted by atomic mass is 9.85. The number of halogens is 1. The van der Waals surface area contributed by atoms with Crippen LogP contribution in [0.25, 0.3) is 22.2 Å². The number of nitrogens with zero attached hydrogens (tertiary/aromatic N) is 3. The van der Waals surface area contributed by atoms with Crippen LogP contribution in [0.3, 0.4) is 0 Å². The number of hydrogen-bond acceptors (Lipinski definition) is 6. The molecule has 0 bridgehead atoms. The molecule has 186 valence electrons. The number of fused-ring (bicyclic) bond motifs is 5. The third-order valence-corrected chi connectivity index (χ3v) is 8.67. The van der Waals surface area contributed by atoms with E-state index in [1.165, 1.54) is 10.6 Å². The number of cyclic esters (lactones) is 1. The molecule has 0 spiro atoms. The number of carbonyl (C=O) groups excluding carboxylic acids is 1. The van der Waals surface area contributed by atoms with E-state index in [0.717, 1.165) is 30.3 Å². The number of ether oxygens (including phenoxy) is 1. The summed E-state index contributed by atoms with van der Waals surface area (Å²) in [6.07, 6.45) is 3.05. The quantitative estimate of drug-likeness (QED) is 0.443. The van der Waals surface area contributed by atoms with Crippen molar-refractivity contribution in [2.24, 2.45) is 0 Å². The molecule has 2 atom stereocenters. The van der Waals surface area contributed by atoms with Crippen molar-refractivity contribution in [1.82, 2.24) is 14.0 Å². The molecule has 1 N–H and O–H groups in total. The lowest BCUT2D eigenvalue weighted by Gasteiger charge is -2.35. The number of esters is 1. The van der Waals surface area contributed by atoms with Crippen molar-refractivity contribution >= 4 is 16.9 Å². The van der Waals surface area contributed by atoms with E-state index in [-0.39, 0.29) is 47.7 Å². The summed E-state index contributed by atoms with van der Waals surface area (Å²) < 4.78 is 23.6. The Hall–Kier alpha value is -3.30. The van der Waals surface area contributed by atoms with E-state index in [9.17, 15) is 23.9 Å². The van der Waals surface area contributed by atoms with Gasteiger partial charge in [0, 0.05) is 29.6 Å². The van der Waals surface area contributed by atoms with Gasteiger partial charge in [0.15, 0.2) is 11.0 Å². The molecule has 1 aliphatic carbocycles. The molecule has 8 nitrogen and oxygen atoms in total. The van der Waals surface area contributed by atoms with Gasteiger partial charge in [0.2, 0.25) is 0 Å². The number of benzene rings is 1. The smallest absolute Gasteiger partial charge is 0.343 e. The minimum absolute atomic E-state index is 0.0229. The zero-order valence-electron chi connectivity index (χ0n) is 20.1. The van der Waals surface area contributed by atoms with Gasteiger partial charge in [-0.05, 0) is 56.5 Å². The first-order chi connectivity index (χ1) is 17.2. The minimum atomic E-state index is -1.95. The van der Waals surface area contributed by atoms with E-state index in [0.29, 0.717) is 34.9 Å². The SMILES string of the molecule is CC[C@@]1(O)C(=O)OCc2c1cc1n(c2=O)Cc2c-1c(=O)c1cc(F)cc3c1n2CC[C@@H]3N(C)C1CC1. The summed E-state index contributed by atoms with van der Waals surface area (Å²) in [5.74, 6) is -1.26. The van der Waals surface area contributed by atoms with Gasteiger partial charge in [-0.25, -0.2) is 9.18 Å². The molecule has 2 aromatic heterocycles. The monoisotopic (exact) mass is 491 g/mol. The predicted molar refractivity (Wildman–Crippen MR) is 129 cm³/mol. The van der Waals surface area contributed by atoms with Gasteiger partial charge in [-0.2, -0.15) is 0 Å². The van der Waals surface area contributed by atoms with Crippen LogP contribution in [-0.4, -0.2) is 38.2 Å². The second kappa shape index (κ2) is 7.14. The second-order valence-corrected chi connectivity index (χ2v) is 10.5. The van der Waals surface area contributed by atoms with Gasteiger partial charge in [0.25, 0.3) is 5.56 Å². The number of carbonyl (C=O) groups is 1. The van der Waals surface area contributed by atoms with Crippen molar-refractivity contribution < 1.29 is 19.0 Å². The molecule has 4 aliphatic rings. The molecule has 0 amide bonds. The number of aliphatic hydroxyl groups is 1. The number of pyridine rings is 2. The van der Waals surface area contributed by atoms with E-state index >= 15 is 0 Å². The summed E-state index contributed by atoms with van der Waals surface area (Å²) in [5, 5.41) is 11.4. The van der Waals surface area contributed by atoms with Crippen molar-refractivity contribution in [2.75, 3.05) is 7.05 Å². The third kappa shape index (κ3) is 2.67. The van der Waals surface area contributed by atoms with Crippen LogP contribution >= 0.6 is 0 Å². The molecule has 0 radical (unpaired) electrons. The van der Waals surface area contributed by atoms with Crippen molar-refractivity contribution in [1.29, 1.82) is 0 Å². The molecule has 1 aromatic carbocycles. The van der Waals surface area contributed by atoms with E-state index < -0.39 is 17.4 Å². The number of aryl methyl sites for hydroxylation is 1. The zero-order chi connectivity index (χ0) is 25.1. The Morgan fingerprint density at radius 3 is 2.67 bits per heavy atom. The summed E-state index contributed by atoms with van der Waals surface area (Å²) >= 11 is 0. The molecular formula is C27H26FN3O5. The van der Waals surface area contributed by atoms with Crippen LogP contribution in [0.2, 0.25) is 0 Å². The van der Waals surface area contributed by atoms with Gasteiger partial charge >= 0.3 is 5.97 Å². The van der Waals surface area contributed by atoms with Crippen molar-refractivity contribution in [2.45, 2.75) is 70.0 Å². The van der Waals surface area contributed by atoms with Crippen LogP contribution in [0.1, 0.15) is 61.0 Å². The highest BCUT2D eigenvalue weighted by molar-refractivity contribution is 5.90. The van der Waals surface area contributed by atoms with Crippen LogP contribution in [0.4, 0.5) is 4.39 Å².